The molecule has 1 N–H and O–H groups in total. The van der Waals surface area contributed by atoms with Gasteiger partial charge in [-0.2, -0.15) is 0 Å². The summed E-state index contributed by atoms with van der Waals surface area (Å²) < 4.78 is 0. The third-order valence-electron chi connectivity index (χ3n) is 5.09. The number of nitrogens with one attached hydrogen (secondary N) is 1. The Bertz CT molecular complexity index is 760. The smallest absolute Gasteiger partial charge is 0.224 e. The summed E-state index contributed by atoms with van der Waals surface area (Å²) in [6, 6.07) is 10.6. The molecule has 1 atom stereocenters. The zero-order valence-electron chi connectivity index (χ0n) is 16.0. The summed E-state index contributed by atoms with van der Waals surface area (Å²) in [5.74, 6) is 0.249. The quantitative estimate of drug-likeness (QED) is 0.832. The van der Waals surface area contributed by atoms with E-state index < -0.39 is 0 Å². The molecular weight excluding hydrogens is 324 g/mol. The second-order valence-electron chi connectivity index (χ2n) is 7.14. The molecular formula is C21H28N4O. The average Bonchev–Trinajstić information content (AvgIpc) is 2.98. The Labute approximate surface area is 155 Å². The van der Waals surface area contributed by atoms with Gasteiger partial charge in [0.05, 0.1) is 22.8 Å². The third-order valence-corrected chi connectivity index (χ3v) is 5.09. The highest BCUT2D eigenvalue weighted by Crippen LogP contribution is 2.14. The minimum atomic E-state index is 0.196. The average molecular weight is 352 g/mol. The minimum Gasteiger partial charge on any atom is -0.341 e. The molecule has 5 nitrogen and oxygen atoms in total. The first-order chi connectivity index (χ1) is 12.5. The van der Waals surface area contributed by atoms with Crippen LogP contribution in [0, 0.1) is 20.8 Å². The van der Waals surface area contributed by atoms with Crippen LogP contribution in [0.15, 0.2) is 30.3 Å². The number of nitrogens with zero attached hydrogens (tertiary/aromatic N) is 3. The summed E-state index contributed by atoms with van der Waals surface area (Å²) >= 11 is 0. The summed E-state index contributed by atoms with van der Waals surface area (Å²) in [5, 5.41) is 3.49. The van der Waals surface area contributed by atoms with Crippen molar-refractivity contribution < 1.29 is 4.79 Å². The predicted molar refractivity (Wildman–Crippen MR) is 103 cm³/mol. The molecule has 1 aromatic heterocycles. The summed E-state index contributed by atoms with van der Waals surface area (Å²) in [5.41, 5.74) is 5.22. The highest BCUT2D eigenvalue weighted by Gasteiger charge is 2.28. The van der Waals surface area contributed by atoms with Gasteiger partial charge in [-0.05, 0) is 39.2 Å². The van der Waals surface area contributed by atoms with E-state index in [9.17, 15) is 4.79 Å². The highest BCUT2D eigenvalue weighted by atomic mass is 16.2. The number of aryl methyl sites for hydroxylation is 4. The van der Waals surface area contributed by atoms with Crippen LogP contribution in [0.3, 0.4) is 0 Å². The van der Waals surface area contributed by atoms with Crippen molar-refractivity contribution in [1.82, 2.24) is 20.2 Å². The SMILES string of the molecule is Cc1nc(C)c(CNC2CC(=O)N(CCCc3ccccc3)C2)nc1C. The standard InChI is InChI=1S/C21H28N4O/c1-15-16(2)24-20(17(3)23-15)13-22-19-12-21(26)25(14-19)11-7-10-18-8-5-4-6-9-18/h4-6,8-9,19,22H,7,10-14H2,1-3H3. The lowest BCUT2D eigenvalue weighted by atomic mass is 10.1. The Hall–Kier alpha value is -2.27. The van der Waals surface area contributed by atoms with E-state index in [1.54, 1.807) is 0 Å². The molecule has 1 aromatic carbocycles. The van der Waals surface area contributed by atoms with Gasteiger partial charge in [0.1, 0.15) is 0 Å². The van der Waals surface area contributed by atoms with Crippen LogP contribution in [-0.4, -0.2) is 39.9 Å². The Morgan fingerprint density at radius 2 is 1.81 bits per heavy atom. The van der Waals surface area contributed by atoms with Gasteiger partial charge in [0, 0.05) is 32.1 Å². The Morgan fingerprint density at radius 1 is 1.08 bits per heavy atom. The second-order valence-corrected chi connectivity index (χ2v) is 7.14. The maximum Gasteiger partial charge on any atom is 0.224 e. The van der Waals surface area contributed by atoms with E-state index in [1.165, 1.54) is 5.56 Å². The van der Waals surface area contributed by atoms with E-state index in [0.717, 1.165) is 48.7 Å². The van der Waals surface area contributed by atoms with Gasteiger partial charge in [0.15, 0.2) is 0 Å². The van der Waals surface area contributed by atoms with Gasteiger partial charge in [-0.3, -0.25) is 14.8 Å². The van der Waals surface area contributed by atoms with Crippen molar-refractivity contribution in [2.75, 3.05) is 13.1 Å². The number of likely N-dealkylation sites (tertiary alicyclic amines) is 1. The third kappa shape index (κ3) is 4.67. The fourth-order valence-corrected chi connectivity index (χ4v) is 3.41. The van der Waals surface area contributed by atoms with Crippen molar-refractivity contribution in [3.8, 4) is 0 Å². The lowest BCUT2D eigenvalue weighted by Crippen LogP contribution is -2.33. The van der Waals surface area contributed by atoms with Crippen molar-refractivity contribution >= 4 is 5.91 Å². The van der Waals surface area contributed by atoms with Crippen molar-refractivity contribution in [1.29, 1.82) is 0 Å². The fourth-order valence-electron chi connectivity index (χ4n) is 3.41. The van der Waals surface area contributed by atoms with Gasteiger partial charge >= 0.3 is 0 Å². The van der Waals surface area contributed by atoms with E-state index in [-0.39, 0.29) is 11.9 Å². The van der Waals surface area contributed by atoms with Gasteiger partial charge < -0.3 is 10.2 Å². The van der Waals surface area contributed by atoms with Crippen LogP contribution in [0.25, 0.3) is 0 Å². The molecule has 3 rings (SSSR count). The molecule has 1 aliphatic heterocycles. The van der Waals surface area contributed by atoms with Gasteiger partial charge in [-0.25, -0.2) is 0 Å². The minimum absolute atomic E-state index is 0.196. The first kappa shape index (κ1) is 18.5. The van der Waals surface area contributed by atoms with Crippen LogP contribution in [-0.2, 0) is 17.8 Å². The van der Waals surface area contributed by atoms with E-state index in [1.807, 2.05) is 31.7 Å². The molecule has 2 heterocycles. The van der Waals surface area contributed by atoms with Crippen molar-refractivity contribution in [3.05, 3.63) is 58.7 Å². The normalized spacial score (nSPS) is 17.1. The zero-order valence-corrected chi connectivity index (χ0v) is 16.0. The van der Waals surface area contributed by atoms with Crippen LogP contribution >= 0.6 is 0 Å². The first-order valence-electron chi connectivity index (χ1n) is 9.38. The molecule has 2 aromatic rings. The molecule has 0 aliphatic carbocycles. The van der Waals surface area contributed by atoms with E-state index in [2.05, 4.69) is 39.6 Å². The Balaban J connectivity index is 1.46. The summed E-state index contributed by atoms with van der Waals surface area (Å²) in [7, 11) is 0. The molecule has 1 aliphatic rings. The molecule has 26 heavy (non-hydrogen) atoms. The number of benzene rings is 1. The molecule has 1 amide bonds. The lowest BCUT2D eigenvalue weighted by Gasteiger charge is -2.17. The predicted octanol–water partition coefficient (Wildman–Crippen LogP) is 2.73. The number of hydrogen-bond acceptors (Lipinski definition) is 4. The van der Waals surface area contributed by atoms with Crippen molar-refractivity contribution in [2.24, 2.45) is 0 Å². The second kappa shape index (κ2) is 8.41. The van der Waals surface area contributed by atoms with E-state index in [4.69, 9.17) is 0 Å². The monoisotopic (exact) mass is 352 g/mol. The summed E-state index contributed by atoms with van der Waals surface area (Å²) in [6.07, 6.45) is 2.59. The number of aromatic nitrogens is 2. The van der Waals surface area contributed by atoms with Crippen molar-refractivity contribution in [2.45, 2.75) is 52.6 Å². The van der Waals surface area contributed by atoms with Gasteiger partial charge in [-0.15, -0.1) is 0 Å². The van der Waals surface area contributed by atoms with Crippen LogP contribution in [0.4, 0.5) is 0 Å². The highest BCUT2D eigenvalue weighted by molar-refractivity contribution is 5.79. The van der Waals surface area contributed by atoms with Crippen molar-refractivity contribution in [3.63, 3.8) is 0 Å². The fraction of sp³-hybridized carbons (Fsp3) is 0.476. The maximum atomic E-state index is 12.3. The van der Waals surface area contributed by atoms with Crippen LogP contribution in [0.5, 0.6) is 0 Å². The zero-order chi connectivity index (χ0) is 18.5. The van der Waals surface area contributed by atoms with Crippen LogP contribution in [0.2, 0.25) is 0 Å². The van der Waals surface area contributed by atoms with Crippen LogP contribution < -0.4 is 5.32 Å². The van der Waals surface area contributed by atoms with E-state index in [0.29, 0.717) is 13.0 Å². The molecule has 0 saturated carbocycles. The Kier molecular flexibility index (Phi) is 5.99. The maximum absolute atomic E-state index is 12.3. The Morgan fingerprint density at radius 3 is 2.58 bits per heavy atom. The van der Waals surface area contributed by atoms with Gasteiger partial charge in [-0.1, -0.05) is 30.3 Å². The van der Waals surface area contributed by atoms with Crippen LogP contribution in [0.1, 0.15) is 41.2 Å². The molecule has 5 heteroatoms. The summed E-state index contributed by atoms with van der Waals surface area (Å²) in [6.45, 7) is 8.23. The molecule has 138 valence electrons. The molecule has 0 bridgehead atoms. The largest absolute Gasteiger partial charge is 0.341 e. The number of hydrogen-bond donors (Lipinski definition) is 1. The molecule has 0 radical (unpaired) electrons. The molecule has 1 fully saturated rings. The molecule has 1 unspecified atom stereocenters. The first-order valence-corrected chi connectivity index (χ1v) is 9.38. The van der Waals surface area contributed by atoms with Gasteiger partial charge in [0.2, 0.25) is 5.91 Å². The summed E-state index contributed by atoms with van der Waals surface area (Å²) in [4.78, 5) is 23.4. The number of carbonyl (C=O) groups excluding carboxylic acids is 1. The topological polar surface area (TPSA) is 58.1 Å². The van der Waals surface area contributed by atoms with Gasteiger partial charge in [0.25, 0.3) is 0 Å². The number of carbonyl (C=O) groups is 1. The molecule has 1 saturated heterocycles. The lowest BCUT2D eigenvalue weighted by molar-refractivity contribution is -0.127. The molecule has 0 spiro atoms. The number of rotatable bonds is 7. The van der Waals surface area contributed by atoms with E-state index >= 15 is 0 Å². The number of amides is 1.